The number of aromatic nitrogens is 5. The summed E-state index contributed by atoms with van der Waals surface area (Å²) in [5, 5.41) is 4.66. The van der Waals surface area contributed by atoms with Gasteiger partial charge in [-0.3, -0.25) is 9.78 Å². The van der Waals surface area contributed by atoms with Crippen LogP contribution in [-0.2, 0) is 6.42 Å². The van der Waals surface area contributed by atoms with E-state index in [0.717, 1.165) is 47.2 Å². The number of benzene rings is 1. The van der Waals surface area contributed by atoms with Crippen LogP contribution in [0.1, 0.15) is 65.4 Å². The minimum atomic E-state index is -0.422. The first-order valence-electron chi connectivity index (χ1n) is 11.2. The molecule has 0 spiro atoms. The van der Waals surface area contributed by atoms with Gasteiger partial charge in [0.15, 0.2) is 0 Å². The topological polar surface area (TPSA) is 65.6 Å². The second kappa shape index (κ2) is 8.39. The molecular formula is C26H26FN5O. The van der Waals surface area contributed by atoms with Crippen molar-refractivity contribution in [2.45, 2.75) is 52.0 Å². The summed E-state index contributed by atoms with van der Waals surface area (Å²) in [6.45, 7) is 5.89. The molecule has 0 bridgehead atoms. The first-order chi connectivity index (χ1) is 15.9. The van der Waals surface area contributed by atoms with Crippen LogP contribution in [0.15, 0.2) is 60.0 Å². The van der Waals surface area contributed by atoms with E-state index in [-0.39, 0.29) is 5.56 Å². The highest BCUT2D eigenvalue weighted by Gasteiger charge is 2.28. The van der Waals surface area contributed by atoms with Crippen molar-refractivity contribution in [1.29, 1.82) is 0 Å². The van der Waals surface area contributed by atoms with E-state index in [4.69, 9.17) is 0 Å². The molecule has 0 saturated heterocycles. The van der Waals surface area contributed by atoms with Crippen molar-refractivity contribution in [3.8, 4) is 5.69 Å². The first-order valence-corrected chi connectivity index (χ1v) is 11.2. The van der Waals surface area contributed by atoms with Gasteiger partial charge >= 0.3 is 0 Å². The van der Waals surface area contributed by atoms with Crippen LogP contribution in [0.2, 0.25) is 0 Å². The molecule has 5 rings (SSSR count). The Kier molecular flexibility index (Phi) is 5.40. The summed E-state index contributed by atoms with van der Waals surface area (Å²) in [5.74, 6) is -0.0309. The van der Waals surface area contributed by atoms with Gasteiger partial charge < -0.3 is 4.57 Å². The molecule has 1 aromatic carbocycles. The van der Waals surface area contributed by atoms with E-state index < -0.39 is 11.9 Å². The molecule has 0 unspecified atom stereocenters. The molecule has 1 aliphatic carbocycles. The van der Waals surface area contributed by atoms with Crippen molar-refractivity contribution in [2.24, 2.45) is 0 Å². The van der Waals surface area contributed by atoms with Crippen molar-refractivity contribution in [2.75, 3.05) is 0 Å². The van der Waals surface area contributed by atoms with Crippen LogP contribution in [-0.4, -0.2) is 24.3 Å². The van der Waals surface area contributed by atoms with E-state index in [1.165, 1.54) is 10.7 Å². The molecule has 0 radical (unpaired) electrons. The highest BCUT2D eigenvalue weighted by Crippen LogP contribution is 2.39. The Bertz CT molecular complexity index is 1390. The summed E-state index contributed by atoms with van der Waals surface area (Å²) < 4.78 is 17.2. The van der Waals surface area contributed by atoms with Crippen molar-refractivity contribution in [3.05, 3.63) is 105 Å². The van der Waals surface area contributed by atoms with E-state index in [2.05, 4.69) is 40.2 Å². The zero-order valence-corrected chi connectivity index (χ0v) is 19.0. The Morgan fingerprint density at radius 1 is 1.15 bits per heavy atom. The molecule has 3 aromatic heterocycles. The predicted molar refractivity (Wildman–Crippen MR) is 124 cm³/mol. The molecular weight excluding hydrogens is 417 g/mol. The van der Waals surface area contributed by atoms with Crippen LogP contribution in [0.3, 0.4) is 0 Å². The SMILES string of the molecule is Cc1cn(-c2ccc(Cc3cc(C4CC4)nn([C@@H](C)c4cncc(F)c4)c3=O)cc2C)cn1. The fraction of sp³-hybridized carbons (Fsp3) is 0.308. The van der Waals surface area contributed by atoms with E-state index in [0.29, 0.717) is 23.5 Å². The molecule has 33 heavy (non-hydrogen) atoms. The van der Waals surface area contributed by atoms with Gasteiger partial charge in [0.1, 0.15) is 5.82 Å². The van der Waals surface area contributed by atoms with Crippen molar-refractivity contribution in [3.63, 3.8) is 0 Å². The van der Waals surface area contributed by atoms with E-state index in [9.17, 15) is 9.18 Å². The maximum absolute atomic E-state index is 13.7. The monoisotopic (exact) mass is 443 g/mol. The molecule has 0 amide bonds. The van der Waals surface area contributed by atoms with E-state index >= 15 is 0 Å². The quantitative estimate of drug-likeness (QED) is 0.435. The summed E-state index contributed by atoms with van der Waals surface area (Å²) in [6, 6.07) is 9.19. The lowest BCUT2D eigenvalue weighted by Gasteiger charge is -2.17. The molecule has 1 aliphatic rings. The smallest absolute Gasteiger partial charge is 0.270 e. The minimum absolute atomic E-state index is 0.150. The zero-order chi connectivity index (χ0) is 23.1. The lowest BCUT2D eigenvalue weighted by atomic mass is 10.0. The Morgan fingerprint density at radius 2 is 1.97 bits per heavy atom. The molecule has 7 heteroatoms. The van der Waals surface area contributed by atoms with Gasteiger partial charge in [-0.25, -0.2) is 14.1 Å². The van der Waals surface area contributed by atoms with Gasteiger partial charge in [-0.1, -0.05) is 12.1 Å². The number of halogens is 1. The van der Waals surface area contributed by atoms with Crippen molar-refractivity contribution < 1.29 is 4.39 Å². The predicted octanol–water partition coefficient (Wildman–Crippen LogP) is 4.66. The summed E-state index contributed by atoms with van der Waals surface area (Å²) >= 11 is 0. The van der Waals surface area contributed by atoms with Gasteiger partial charge in [-0.2, -0.15) is 5.10 Å². The average Bonchev–Trinajstić information content (AvgIpc) is 3.55. The maximum atomic E-state index is 13.7. The van der Waals surface area contributed by atoms with Gasteiger partial charge in [0, 0.05) is 36.0 Å². The number of pyridine rings is 1. The lowest BCUT2D eigenvalue weighted by Crippen LogP contribution is -2.30. The van der Waals surface area contributed by atoms with Crippen molar-refractivity contribution in [1.82, 2.24) is 24.3 Å². The normalized spacial score (nSPS) is 14.4. The summed E-state index contributed by atoms with van der Waals surface area (Å²) in [4.78, 5) is 21.7. The maximum Gasteiger partial charge on any atom is 0.270 e. The average molecular weight is 444 g/mol. The molecule has 1 fully saturated rings. The third-order valence-corrected chi connectivity index (χ3v) is 6.24. The van der Waals surface area contributed by atoms with Crippen molar-refractivity contribution >= 4 is 0 Å². The van der Waals surface area contributed by atoms with Crippen LogP contribution in [0, 0.1) is 19.7 Å². The number of imidazole rings is 1. The van der Waals surface area contributed by atoms with Crippen LogP contribution in [0.5, 0.6) is 0 Å². The van der Waals surface area contributed by atoms with Crippen LogP contribution < -0.4 is 5.56 Å². The highest BCUT2D eigenvalue weighted by atomic mass is 19.1. The van der Waals surface area contributed by atoms with Gasteiger partial charge in [-0.05, 0) is 68.5 Å². The Hall–Kier alpha value is -3.61. The second-order valence-corrected chi connectivity index (χ2v) is 8.95. The summed E-state index contributed by atoms with van der Waals surface area (Å²) in [7, 11) is 0. The fourth-order valence-corrected chi connectivity index (χ4v) is 4.24. The summed E-state index contributed by atoms with van der Waals surface area (Å²) in [6.07, 6.45) is 9.23. The van der Waals surface area contributed by atoms with Gasteiger partial charge in [0.25, 0.3) is 5.56 Å². The minimum Gasteiger partial charge on any atom is -0.306 e. The number of nitrogens with zero attached hydrogens (tertiary/aromatic N) is 5. The molecule has 4 aromatic rings. The Morgan fingerprint density at radius 3 is 2.64 bits per heavy atom. The highest BCUT2D eigenvalue weighted by molar-refractivity contribution is 5.44. The molecule has 0 aliphatic heterocycles. The van der Waals surface area contributed by atoms with Crippen LogP contribution in [0.25, 0.3) is 5.69 Å². The molecule has 6 nitrogen and oxygen atoms in total. The third-order valence-electron chi connectivity index (χ3n) is 6.24. The van der Waals surface area contributed by atoms with Gasteiger partial charge in [0.2, 0.25) is 0 Å². The molecule has 1 saturated carbocycles. The standard InChI is InChI=1S/C26H26FN5O/c1-16-8-19(4-7-25(16)31-14-17(2)29-15-31)9-21-11-24(20-5-6-20)30-32(26(21)33)18(3)22-10-23(27)13-28-12-22/h4,7-8,10-15,18,20H,5-6,9H2,1-3H3/t18-/m0/s1. The Labute approximate surface area is 191 Å². The lowest BCUT2D eigenvalue weighted by molar-refractivity contribution is 0.510. The zero-order valence-electron chi connectivity index (χ0n) is 19.0. The molecule has 0 N–H and O–H groups in total. The summed E-state index contributed by atoms with van der Waals surface area (Å²) in [5.41, 5.74) is 6.31. The van der Waals surface area contributed by atoms with E-state index in [1.807, 2.05) is 37.0 Å². The fourth-order valence-electron chi connectivity index (χ4n) is 4.24. The molecule has 168 valence electrons. The van der Waals surface area contributed by atoms with Crippen LogP contribution in [0.4, 0.5) is 4.39 Å². The van der Waals surface area contributed by atoms with E-state index in [1.54, 1.807) is 6.20 Å². The number of aryl methyl sites for hydroxylation is 2. The molecule has 3 heterocycles. The van der Waals surface area contributed by atoms with Gasteiger partial charge in [-0.15, -0.1) is 0 Å². The number of hydrogen-bond acceptors (Lipinski definition) is 4. The third kappa shape index (κ3) is 4.35. The number of rotatable bonds is 6. The molecule has 1 atom stereocenters. The second-order valence-electron chi connectivity index (χ2n) is 8.95. The number of hydrogen-bond donors (Lipinski definition) is 0. The largest absolute Gasteiger partial charge is 0.306 e. The van der Waals surface area contributed by atoms with Gasteiger partial charge in [0.05, 0.1) is 30.0 Å². The van der Waals surface area contributed by atoms with Crippen LogP contribution >= 0.6 is 0 Å². The first kappa shape index (κ1) is 21.2. The Balaban J connectivity index is 1.50.